The van der Waals surface area contributed by atoms with Crippen LogP contribution in [0.4, 0.5) is 0 Å². The zero-order valence-corrected chi connectivity index (χ0v) is 17.1. The molecule has 0 bridgehead atoms. The van der Waals surface area contributed by atoms with Gasteiger partial charge in [-0.1, -0.05) is 6.07 Å². The summed E-state index contributed by atoms with van der Waals surface area (Å²) in [6.07, 6.45) is 2.80. The Kier molecular flexibility index (Phi) is 6.78. The number of hydrogen-bond donors (Lipinski definition) is 2. The third-order valence-corrected chi connectivity index (χ3v) is 5.09. The molecule has 0 radical (unpaired) electrons. The number of quaternary nitrogens is 1. The van der Waals surface area contributed by atoms with Gasteiger partial charge in [-0.3, -0.25) is 9.59 Å². The van der Waals surface area contributed by atoms with Crippen LogP contribution in [0.3, 0.4) is 0 Å². The standard InChI is InChI=1S/C21H31N3O4/c1-15(2)22-20(25)13-23(3)14-21(26)24-9-4-6-17(24)16-7-8-18-19(12-16)28-11-5-10-27-18/h7-8,12,15,17H,4-6,9-11,13-14H2,1-3H3,(H,22,25)/p+1/t17-/m1/s1. The minimum Gasteiger partial charge on any atom is -0.490 e. The van der Waals surface area contributed by atoms with Crippen LogP contribution in [-0.4, -0.2) is 62.7 Å². The molecule has 7 heteroatoms. The fraction of sp³-hybridized carbons (Fsp3) is 0.619. The molecule has 1 saturated heterocycles. The highest BCUT2D eigenvalue weighted by Gasteiger charge is 2.32. The van der Waals surface area contributed by atoms with E-state index >= 15 is 0 Å². The average molecular weight is 391 g/mol. The molecule has 0 aliphatic carbocycles. The smallest absolute Gasteiger partial charge is 0.278 e. The number of carbonyl (C=O) groups is 2. The van der Waals surface area contributed by atoms with Crippen molar-refractivity contribution < 1.29 is 24.0 Å². The summed E-state index contributed by atoms with van der Waals surface area (Å²) in [5.74, 6) is 1.60. The van der Waals surface area contributed by atoms with Gasteiger partial charge in [-0.05, 0) is 44.4 Å². The molecule has 2 aliphatic heterocycles. The van der Waals surface area contributed by atoms with E-state index in [2.05, 4.69) is 5.32 Å². The molecular formula is C21H32N3O4+. The minimum absolute atomic E-state index is 0.0267. The summed E-state index contributed by atoms with van der Waals surface area (Å²) in [5.41, 5.74) is 1.09. The summed E-state index contributed by atoms with van der Waals surface area (Å²) in [6, 6.07) is 6.17. The summed E-state index contributed by atoms with van der Waals surface area (Å²) >= 11 is 0. The van der Waals surface area contributed by atoms with Crippen molar-refractivity contribution in [2.75, 3.05) is 39.9 Å². The SMILES string of the molecule is CC(C)NC(=O)C[NH+](C)CC(=O)N1CCC[C@@H]1c1ccc2c(c1)OCCCO2. The van der Waals surface area contributed by atoms with E-state index in [-0.39, 0.29) is 23.9 Å². The van der Waals surface area contributed by atoms with Crippen molar-refractivity contribution in [3.05, 3.63) is 23.8 Å². The topological polar surface area (TPSA) is 72.3 Å². The molecular weight excluding hydrogens is 358 g/mol. The summed E-state index contributed by atoms with van der Waals surface area (Å²) < 4.78 is 11.5. The number of ether oxygens (including phenoxy) is 2. The molecule has 1 aromatic carbocycles. The number of likely N-dealkylation sites (N-methyl/N-ethyl adjacent to an activating group) is 1. The Labute approximate surface area is 167 Å². The van der Waals surface area contributed by atoms with E-state index in [9.17, 15) is 9.59 Å². The van der Waals surface area contributed by atoms with Gasteiger partial charge in [-0.25, -0.2) is 0 Å². The second kappa shape index (κ2) is 9.28. The van der Waals surface area contributed by atoms with Gasteiger partial charge in [-0.2, -0.15) is 0 Å². The maximum absolute atomic E-state index is 12.9. The molecule has 7 nitrogen and oxygen atoms in total. The van der Waals surface area contributed by atoms with Gasteiger partial charge in [0.15, 0.2) is 24.6 Å². The van der Waals surface area contributed by atoms with Crippen LogP contribution < -0.4 is 19.7 Å². The second-order valence-electron chi connectivity index (χ2n) is 8.03. The number of nitrogens with zero attached hydrogens (tertiary/aromatic N) is 1. The largest absolute Gasteiger partial charge is 0.490 e. The molecule has 2 heterocycles. The molecule has 2 amide bonds. The summed E-state index contributed by atoms with van der Waals surface area (Å²) in [5, 5.41) is 2.87. The number of benzene rings is 1. The highest BCUT2D eigenvalue weighted by molar-refractivity contribution is 5.79. The molecule has 1 aromatic rings. The van der Waals surface area contributed by atoms with Gasteiger partial charge in [-0.15, -0.1) is 0 Å². The number of nitrogens with one attached hydrogen (secondary N) is 2. The molecule has 0 aromatic heterocycles. The first-order chi connectivity index (χ1) is 13.4. The van der Waals surface area contributed by atoms with Gasteiger partial charge in [0.05, 0.1) is 26.3 Å². The van der Waals surface area contributed by atoms with Crippen LogP contribution >= 0.6 is 0 Å². The van der Waals surface area contributed by atoms with Crippen molar-refractivity contribution in [1.82, 2.24) is 10.2 Å². The molecule has 0 spiro atoms. The maximum Gasteiger partial charge on any atom is 0.278 e. The Morgan fingerprint density at radius 2 is 1.93 bits per heavy atom. The van der Waals surface area contributed by atoms with Crippen LogP contribution in [-0.2, 0) is 9.59 Å². The van der Waals surface area contributed by atoms with Crippen molar-refractivity contribution in [1.29, 1.82) is 0 Å². The summed E-state index contributed by atoms with van der Waals surface area (Å²) in [4.78, 5) is 27.7. The van der Waals surface area contributed by atoms with Crippen LogP contribution in [0.5, 0.6) is 11.5 Å². The Morgan fingerprint density at radius 1 is 1.18 bits per heavy atom. The number of amides is 2. The van der Waals surface area contributed by atoms with Gasteiger partial charge in [0.2, 0.25) is 0 Å². The van der Waals surface area contributed by atoms with E-state index in [1.54, 1.807) is 0 Å². The molecule has 1 unspecified atom stereocenters. The minimum atomic E-state index is -0.0267. The van der Waals surface area contributed by atoms with Crippen molar-refractivity contribution in [2.45, 2.75) is 45.2 Å². The molecule has 2 aliphatic rings. The molecule has 0 saturated carbocycles. The fourth-order valence-corrected chi connectivity index (χ4v) is 3.87. The van der Waals surface area contributed by atoms with E-state index in [0.717, 1.165) is 47.8 Å². The van der Waals surface area contributed by atoms with E-state index in [1.165, 1.54) is 0 Å². The Balaban J connectivity index is 1.63. The zero-order valence-electron chi connectivity index (χ0n) is 17.1. The number of rotatable bonds is 6. The lowest BCUT2D eigenvalue weighted by molar-refractivity contribution is -0.863. The number of carbonyl (C=O) groups excluding carboxylic acids is 2. The number of likely N-dealkylation sites (tertiary alicyclic amines) is 1. The monoisotopic (exact) mass is 390 g/mol. The van der Waals surface area contributed by atoms with E-state index in [1.807, 2.05) is 44.0 Å². The second-order valence-corrected chi connectivity index (χ2v) is 8.03. The van der Waals surface area contributed by atoms with Crippen LogP contribution in [0.1, 0.15) is 44.7 Å². The Morgan fingerprint density at radius 3 is 2.68 bits per heavy atom. The highest BCUT2D eigenvalue weighted by Crippen LogP contribution is 2.37. The first kappa shape index (κ1) is 20.5. The van der Waals surface area contributed by atoms with Crippen molar-refractivity contribution >= 4 is 11.8 Å². The van der Waals surface area contributed by atoms with E-state index in [4.69, 9.17) is 9.47 Å². The van der Waals surface area contributed by atoms with Crippen molar-refractivity contribution in [2.24, 2.45) is 0 Å². The van der Waals surface area contributed by atoms with E-state index in [0.29, 0.717) is 26.3 Å². The number of fused-ring (bicyclic) bond motifs is 1. The molecule has 2 atom stereocenters. The van der Waals surface area contributed by atoms with Crippen LogP contribution in [0.2, 0.25) is 0 Å². The summed E-state index contributed by atoms with van der Waals surface area (Å²) in [7, 11) is 1.89. The predicted molar refractivity (Wildman–Crippen MR) is 106 cm³/mol. The van der Waals surface area contributed by atoms with Gasteiger partial charge in [0.1, 0.15) is 0 Å². The van der Waals surface area contributed by atoms with Crippen molar-refractivity contribution in [3.63, 3.8) is 0 Å². The third-order valence-electron chi connectivity index (χ3n) is 5.09. The third kappa shape index (κ3) is 5.16. The number of hydrogen-bond acceptors (Lipinski definition) is 4. The van der Waals surface area contributed by atoms with Gasteiger partial charge in [0, 0.05) is 19.0 Å². The molecule has 1 fully saturated rings. The van der Waals surface area contributed by atoms with Crippen LogP contribution in [0, 0.1) is 0 Å². The lowest BCUT2D eigenvalue weighted by atomic mass is 10.0. The normalized spacial score (nSPS) is 20.0. The highest BCUT2D eigenvalue weighted by atomic mass is 16.5. The first-order valence-corrected chi connectivity index (χ1v) is 10.2. The molecule has 3 rings (SSSR count). The fourth-order valence-electron chi connectivity index (χ4n) is 3.87. The lowest BCUT2D eigenvalue weighted by Gasteiger charge is -2.26. The first-order valence-electron chi connectivity index (χ1n) is 10.2. The van der Waals surface area contributed by atoms with E-state index < -0.39 is 0 Å². The molecule has 2 N–H and O–H groups in total. The lowest BCUT2D eigenvalue weighted by Crippen LogP contribution is -3.11. The van der Waals surface area contributed by atoms with Crippen LogP contribution in [0.15, 0.2) is 18.2 Å². The molecule has 154 valence electrons. The Hall–Kier alpha value is -2.28. The van der Waals surface area contributed by atoms with Crippen molar-refractivity contribution in [3.8, 4) is 11.5 Å². The average Bonchev–Trinajstić information content (AvgIpc) is 2.99. The Bertz CT molecular complexity index is 707. The maximum atomic E-state index is 12.9. The van der Waals surface area contributed by atoms with Gasteiger partial charge >= 0.3 is 0 Å². The summed E-state index contributed by atoms with van der Waals surface area (Å²) in [6.45, 7) is 6.55. The van der Waals surface area contributed by atoms with Gasteiger partial charge in [0.25, 0.3) is 11.8 Å². The van der Waals surface area contributed by atoms with Gasteiger partial charge < -0.3 is 24.6 Å². The molecule has 28 heavy (non-hydrogen) atoms. The zero-order chi connectivity index (χ0) is 20.1. The quantitative estimate of drug-likeness (QED) is 0.744. The van der Waals surface area contributed by atoms with Crippen LogP contribution in [0.25, 0.3) is 0 Å². The predicted octanol–water partition coefficient (Wildman–Crippen LogP) is 0.551.